The summed E-state index contributed by atoms with van der Waals surface area (Å²) in [6.07, 6.45) is 0. The second kappa shape index (κ2) is 4.86. The number of hydrogen-bond acceptors (Lipinski definition) is 4. The van der Waals surface area contributed by atoms with E-state index in [2.05, 4.69) is 10.1 Å². The number of benzene rings is 2. The highest BCUT2D eigenvalue weighted by Crippen LogP contribution is 2.30. The molecule has 3 aromatic rings. The molecule has 0 spiro atoms. The second-order valence-corrected chi connectivity index (χ2v) is 4.68. The van der Waals surface area contributed by atoms with Gasteiger partial charge in [0.25, 0.3) is 0 Å². The number of anilines is 2. The molecule has 0 atom stereocenters. The van der Waals surface area contributed by atoms with Crippen LogP contribution in [0.5, 0.6) is 0 Å². The lowest BCUT2D eigenvalue weighted by Gasteiger charge is -2.08. The normalized spacial score (nSPS) is 10.7. The van der Waals surface area contributed by atoms with Crippen molar-refractivity contribution < 1.29 is 0 Å². The Morgan fingerprint density at radius 1 is 1.00 bits per heavy atom. The summed E-state index contributed by atoms with van der Waals surface area (Å²) in [6.45, 7) is 0. The molecule has 5 nitrogen and oxygen atoms in total. The van der Waals surface area contributed by atoms with Crippen molar-refractivity contribution in [3.8, 4) is 16.8 Å². The van der Waals surface area contributed by atoms with Crippen LogP contribution in [0.3, 0.4) is 0 Å². The lowest BCUT2D eigenvalue weighted by Crippen LogP contribution is -2.02. The van der Waals surface area contributed by atoms with Gasteiger partial charge in [-0.05, 0) is 17.7 Å². The van der Waals surface area contributed by atoms with Crippen LogP contribution in [-0.2, 0) is 0 Å². The molecule has 0 unspecified atom stereocenters. The van der Waals surface area contributed by atoms with E-state index in [4.69, 9.17) is 23.1 Å². The molecule has 20 heavy (non-hydrogen) atoms. The summed E-state index contributed by atoms with van der Waals surface area (Å²) in [4.78, 5) is 3.86. The van der Waals surface area contributed by atoms with Crippen LogP contribution in [0.25, 0.3) is 16.8 Å². The number of halogens is 1. The summed E-state index contributed by atoms with van der Waals surface area (Å²) in [5, 5.41) is 4.64. The van der Waals surface area contributed by atoms with Crippen molar-refractivity contribution in [1.29, 1.82) is 0 Å². The highest BCUT2D eigenvalue weighted by atomic mass is 35.5. The van der Waals surface area contributed by atoms with Crippen molar-refractivity contribution >= 4 is 23.5 Å². The van der Waals surface area contributed by atoms with Gasteiger partial charge in [0.15, 0.2) is 0 Å². The first-order chi connectivity index (χ1) is 9.65. The van der Waals surface area contributed by atoms with E-state index in [1.807, 2.05) is 42.5 Å². The van der Waals surface area contributed by atoms with Gasteiger partial charge in [-0.1, -0.05) is 48.0 Å². The molecule has 100 valence electrons. The Morgan fingerprint density at radius 2 is 1.75 bits per heavy atom. The van der Waals surface area contributed by atoms with E-state index < -0.39 is 0 Å². The Bertz CT molecular complexity index is 752. The molecule has 1 aromatic heterocycles. The Kier molecular flexibility index (Phi) is 3.04. The smallest absolute Gasteiger partial charge is 0.241 e. The zero-order valence-corrected chi connectivity index (χ0v) is 11.2. The van der Waals surface area contributed by atoms with Crippen LogP contribution in [0.1, 0.15) is 0 Å². The van der Waals surface area contributed by atoms with Crippen LogP contribution in [0.15, 0.2) is 48.5 Å². The van der Waals surface area contributed by atoms with Gasteiger partial charge >= 0.3 is 0 Å². The van der Waals surface area contributed by atoms with Gasteiger partial charge in [-0.2, -0.15) is 9.67 Å². The van der Waals surface area contributed by atoms with E-state index in [0.717, 1.165) is 16.8 Å². The molecule has 0 amide bonds. The minimum Gasteiger partial charge on any atom is -0.368 e. The molecule has 0 aliphatic rings. The molecule has 0 aliphatic heterocycles. The van der Waals surface area contributed by atoms with Crippen molar-refractivity contribution in [2.45, 2.75) is 0 Å². The summed E-state index contributed by atoms with van der Waals surface area (Å²) in [5.74, 6) is 0.358. The quantitative estimate of drug-likeness (QED) is 0.758. The summed E-state index contributed by atoms with van der Waals surface area (Å²) >= 11 is 6.34. The topological polar surface area (TPSA) is 82.7 Å². The van der Waals surface area contributed by atoms with E-state index in [1.54, 1.807) is 6.07 Å². The van der Waals surface area contributed by atoms with Gasteiger partial charge in [0.05, 0.1) is 10.7 Å². The molecule has 4 N–H and O–H groups in total. The van der Waals surface area contributed by atoms with E-state index in [9.17, 15) is 0 Å². The molecule has 0 saturated heterocycles. The zero-order valence-electron chi connectivity index (χ0n) is 10.5. The zero-order chi connectivity index (χ0) is 14.1. The van der Waals surface area contributed by atoms with E-state index in [1.165, 1.54) is 4.68 Å². The fourth-order valence-corrected chi connectivity index (χ4v) is 2.30. The Morgan fingerprint density at radius 3 is 2.35 bits per heavy atom. The minimum absolute atomic E-state index is 0.130. The average molecular weight is 286 g/mol. The van der Waals surface area contributed by atoms with Gasteiger partial charge < -0.3 is 11.5 Å². The maximum atomic E-state index is 6.34. The van der Waals surface area contributed by atoms with Crippen LogP contribution >= 0.6 is 11.6 Å². The number of nitrogens with two attached hydrogens (primary N) is 2. The third kappa shape index (κ3) is 2.19. The van der Waals surface area contributed by atoms with E-state index >= 15 is 0 Å². The fraction of sp³-hybridized carbons (Fsp3) is 0. The van der Waals surface area contributed by atoms with E-state index in [-0.39, 0.29) is 11.9 Å². The standard InChI is InChI=1S/C14H12ClN5/c15-12-8-10(20-14(17)18-13(16)19-20)6-7-11(12)9-4-2-1-3-5-9/h1-8H,(H4,16,17,18,19). The van der Waals surface area contributed by atoms with Crippen LogP contribution in [0, 0.1) is 0 Å². The predicted octanol–water partition coefficient (Wildman–Crippen LogP) is 2.75. The Labute approximate surface area is 120 Å². The molecule has 0 radical (unpaired) electrons. The van der Waals surface area contributed by atoms with Crippen molar-refractivity contribution in [3.63, 3.8) is 0 Å². The van der Waals surface area contributed by atoms with Gasteiger partial charge in [-0.15, -0.1) is 5.10 Å². The second-order valence-electron chi connectivity index (χ2n) is 4.27. The Hall–Kier alpha value is -2.53. The lowest BCUT2D eigenvalue weighted by molar-refractivity contribution is 0.896. The van der Waals surface area contributed by atoms with Crippen molar-refractivity contribution in [3.05, 3.63) is 53.6 Å². The third-order valence-electron chi connectivity index (χ3n) is 2.93. The Balaban J connectivity index is 2.06. The molecular weight excluding hydrogens is 274 g/mol. The SMILES string of the molecule is Nc1nc(N)n(-c2ccc(-c3ccccc3)c(Cl)c2)n1. The number of aromatic nitrogens is 3. The lowest BCUT2D eigenvalue weighted by atomic mass is 10.1. The molecule has 2 aromatic carbocycles. The molecular formula is C14H12ClN5. The van der Waals surface area contributed by atoms with Gasteiger partial charge in [-0.25, -0.2) is 0 Å². The summed E-state index contributed by atoms with van der Waals surface area (Å²) < 4.78 is 1.45. The summed E-state index contributed by atoms with van der Waals surface area (Å²) in [7, 11) is 0. The highest BCUT2D eigenvalue weighted by molar-refractivity contribution is 6.33. The molecule has 6 heteroatoms. The van der Waals surface area contributed by atoms with Crippen molar-refractivity contribution in [2.75, 3.05) is 11.5 Å². The fourth-order valence-electron chi connectivity index (χ4n) is 2.02. The molecule has 3 rings (SSSR count). The average Bonchev–Trinajstić information content (AvgIpc) is 2.78. The van der Waals surface area contributed by atoms with Crippen LogP contribution in [-0.4, -0.2) is 14.8 Å². The van der Waals surface area contributed by atoms with Gasteiger partial charge in [0.1, 0.15) is 0 Å². The van der Waals surface area contributed by atoms with Crippen LogP contribution in [0.4, 0.5) is 11.9 Å². The maximum Gasteiger partial charge on any atom is 0.241 e. The van der Waals surface area contributed by atoms with Gasteiger partial charge in [0.2, 0.25) is 11.9 Å². The largest absolute Gasteiger partial charge is 0.368 e. The monoisotopic (exact) mass is 285 g/mol. The number of hydrogen-bond donors (Lipinski definition) is 2. The third-order valence-corrected chi connectivity index (χ3v) is 3.24. The van der Waals surface area contributed by atoms with Crippen LogP contribution < -0.4 is 11.5 Å². The van der Waals surface area contributed by atoms with Crippen molar-refractivity contribution in [2.24, 2.45) is 0 Å². The first-order valence-electron chi connectivity index (χ1n) is 5.98. The highest BCUT2D eigenvalue weighted by Gasteiger charge is 2.09. The first kappa shape index (κ1) is 12.5. The van der Waals surface area contributed by atoms with Gasteiger partial charge in [-0.3, -0.25) is 0 Å². The molecule has 0 bridgehead atoms. The molecule has 0 aliphatic carbocycles. The predicted molar refractivity (Wildman–Crippen MR) is 80.6 cm³/mol. The van der Waals surface area contributed by atoms with Crippen LogP contribution in [0.2, 0.25) is 5.02 Å². The minimum atomic E-state index is 0.130. The first-order valence-corrected chi connectivity index (χ1v) is 6.36. The van der Waals surface area contributed by atoms with Gasteiger partial charge in [0, 0.05) is 5.56 Å². The maximum absolute atomic E-state index is 6.34. The number of rotatable bonds is 2. The molecule has 0 fully saturated rings. The number of nitrogens with zero attached hydrogens (tertiary/aromatic N) is 3. The molecule has 1 heterocycles. The number of nitrogen functional groups attached to an aromatic ring is 2. The summed E-state index contributed by atoms with van der Waals surface area (Å²) in [5.41, 5.74) is 14.0. The van der Waals surface area contributed by atoms with Crippen molar-refractivity contribution in [1.82, 2.24) is 14.8 Å². The summed E-state index contributed by atoms with van der Waals surface area (Å²) in [6, 6.07) is 15.5. The van der Waals surface area contributed by atoms with E-state index in [0.29, 0.717) is 5.02 Å². The molecule has 0 saturated carbocycles.